The minimum absolute atomic E-state index is 0.0365. The highest BCUT2D eigenvalue weighted by atomic mass is 79.9. The van der Waals surface area contributed by atoms with Crippen molar-refractivity contribution in [1.29, 1.82) is 0 Å². The van der Waals surface area contributed by atoms with Gasteiger partial charge >= 0.3 is 5.97 Å². The lowest BCUT2D eigenvalue weighted by atomic mass is 10.1. The van der Waals surface area contributed by atoms with Crippen LogP contribution in [0.25, 0.3) is 0 Å². The summed E-state index contributed by atoms with van der Waals surface area (Å²) in [5, 5.41) is 8.80. The van der Waals surface area contributed by atoms with Gasteiger partial charge in [0.2, 0.25) is 0 Å². The fourth-order valence-electron chi connectivity index (χ4n) is 1.58. The minimum Gasteiger partial charge on any atom is -0.486 e. The number of benzene rings is 2. The van der Waals surface area contributed by atoms with Crippen LogP contribution < -0.4 is 4.74 Å². The largest absolute Gasteiger partial charge is 0.486 e. The van der Waals surface area contributed by atoms with Gasteiger partial charge in [0.15, 0.2) is 11.6 Å². The van der Waals surface area contributed by atoms with E-state index in [1.807, 2.05) is 0 Å². The molecule has 20 heavy (non-hydrogen) atoms. The number of rotatable bonds is 4. The third-order valence-corrected chi connectivity index (χ3v) is 3.04. The Labute approximate surface area is 121 Å². The van der Waals surface area contributed by atoms with Crippen LogP contribution in [-0.2, 0) is 6.61 Å². The molecule has 0 amide bonds. The number of carbonyl (C=O) groups is 1. The fraction of sp³-hybridized carbons (Fsp3) is 0.0714. The average Bonchev–Trinajstić information content (AvgIpc) is 2.39. The van der Waals surface area contributed by atoms with Crippen LogP contribution in [0, 0.1) is 11.6 Å². The monoisotopic (exact) mass is 342 g/mol. The Kier molecular flexibility index (Phi) is 4.34. The van der Waals surface area contributed by atoms with Crippen molar-refractivity contribution < 1.29 is 23.4 Å². The molecule has 0 unspecified atom stereocenters. The highest BCUT2D eigenvalue weighted by Crippen LogP contribution is 2.22. The molecule has 3 nitrogen and oxygen atoms in total. The second kappa shape index (κ2) is 6.00. The summed E-state index contributed by atoms with van der Waals surface area (Å²) in [6, 6.07) is 7.91. The fourth-order valence-corrected chi connectivity index (χ4v) is 1.91. The van der Waals surface area contributed by atoms with Crippen molar-refractivity contribution in [3.8, 4) is 5.75 Å². The van der Waals surface area contributed by atoms with E-state index < -0.39 is 23.2 Å². The van der Waals surface area contributed by atoms with Crippen molar-refractivity contribution >= 4 is 21.9 Å². The quantitative estimate of drug-likeness (QED) is 0.913. The zero-order chi connectivity index (χ0) is 14.7. The van der Waals surface area contributed by atoms with E-state index in [4.69, 9.17) is 9.84 Å². The van der Waals surface area contributed by atoms with Gasteiger partial charge in [-0.1, -0.05) is 22.0 Å². The molecule has 0 aliphatic carbocycles. The van der Waals surface area contributed by atoms with Crippen molar-refractivity contribution in [3.05, 3.63) is 63.6 Å². The van der Waals surface area contributed by atoms with Crippen LogP contribution in [0.2, 0.25) is 0 Å². The van der Waals surface area contributed by atoms with Crippen molar-refractivity contribution in [2.75, 3.05) is 0 Å². The SMILES string of the molecule is O=C(O)c1cc(COc2ccc(Br)cc2F)ccc1F. The summed E-state index contributed by atoms with van der Waals surface area (Å²) < 4.78 is 32.5. The number of ether oxygens (including phenoxy) is 1. The molecule has 0 aromatic heterocycles. The standard InChI is InChI=1S/C14H9BrF2O3/c15-9-2-4-13(12(17)6-9)20-7-8-1-3-11(16)10(5-8)14(18)19/h1-6H,7H2,(H,18,19). The molecule has 0 aliphatic rings. The van der Waals surface area contributed by atoms with Gasteiger partial charge in [-0.3, -0.25) is 0 Å². The summed E-state index contributed by atoms with van der Waals surface area (Å²) in [7, 11) is 0. The number of aromatic carboxylic acids is 1. The molecule has 1 N–H and O–H groups in total. The molecule has 0 radical (unpaired) electrons. The molecule has 0 atom stereocenters. The molecule has 2 aromatic rings. The number of hydrogen-bond donors (Lipinski definition) is 1. The summed E-state index contributed by atoms with van der Waals surface area (Å²) in [6.07, 6.45) is 0. The zero-order valence-electron chi connectivity index (χ0n) is 10.1. The summed E-state index contributed by atoms with van der Waals surface area (Å²) in [6.45, 7) is -0.0564. The molecule has 0 saturated heterocycles. The molecule has 0 saturated carbocycles. The highest BCUT2D eigenvalue weighted by molar-refractivity contribution is 9.10. The molecule has 2 rings (SSSR count). The highest BCUT2D eigenvalue weighted by Gasteiger charge is 2.11. The molecule has 6 heteroatoms. The van der Waals surface area contributed by atoms with Crippen LogP contribution in [0.15, 0.2) is 40.9 Å². The molecule has 0 aliphatic heterocycles. The third kappa shape index (κ3) is 3.33. The van der Waals surface area contributed by atoms with Crippen molar-refractivity contribution in [1.82, 2.24) is 0 Å². The van der Waals surface area contributed by atoms with E-state index in [0.717, 1.165) is 12.1 Å². The van der Waals surface area contributed by atoms with E-state index in [-0.39, 0.29) is 12.4 Å². The molecular formula is C14H9BrF2O3. The number of carboxylic acid groups (broad SMARTS) is 1. The van der Waals surface area contributed by atoms with Crippen LogP contribution in [0.5, 0.6) is 5.75 Å². The summed E-state index contributed by atoms with van der Waals surface area (Å²) in [5.74, 6) is -2.69. The maximum atomic E-state index is 13.5. The predicted molar refractivity (Wildman–Crippen MR) is 71.8 cm³/mol. The van der Waals surface area contributed by atoms with Gasteiger partial charge < -0.3 is 9.84 Å². The Bertz CT molecular complexity index is 659. The van der Waals surface area contributed by atoms with E-state index in [0.29, 0.717) is 10.0 Å². The van der Waals surface area contributed by atoms with Gasteiger partial charge in [0.1, 0.15) is 12.4 Å². The van der Waals surface area contributed by atoms with Crippen LogP contribution in [0.4, 0.5) is 8.78 Å². The number of carboxylic acids is 1. The third-order valence-electron chi connectivity index (χ3n) is 2.55. The second-order valence-electron chi connectivity index (χ2n) is 3.98. The van der Waals surface area contributed by atoms with Crippen LogP contribution in [0.1, 0.15) is 15.9 Å². The van der Waals surface area contributed by atoms with E-state index in [1.54, 1.807) is 6.07 Å². The van der Waals surface area contributed by atoms with Gasteiger partial charge in [-0.2, -0.15) is 0 Å². The van der Waals surface area contributed by atoms with Gasteiger partial charge in [0.25, 0.3) is 0 Å². The van der Waals surface area contributed by atoms with Gasteiger partial charge in [-0.15, -0.1) is 0 Å². The van der Waals surface area contributed by atoms with Gasteiger partial charge in [0, 0.05) is 4.47 Å². The Morgan fingerprint density at radius 2 is 1.90 bits per heavy atom. The molecule has 0 fully saturated rings. The van der Waals surface area contributed by atoms with Gasteiger partial charge in [-0.05, 0) is 35.9 Å². The van der Waals surface area contributed by atoms with E-state index in [9.17, 15) is 13.6 Å². The Hall–Kier alpha value is -1.95. The maximum absolute atomic E-state index is 13.5. The molecule has 0 spiro atoms. The first-order valence-corrected chi connectivity index (χ1v) is 6.36. The Balaban J connectivity index is 2.15. The topological polar surface area (TPSA) is 46.5 Å². The van der Waals surface area contributed by atoms with E-state index >= 15 is 0 Å². The smallest absolute Gasteiger partial charge is 0.338 e. The first-order valence-electron chi connectivity index (χ1n) is 5.57. The predicted octanol–water partition coefficient (Wildman–Crippen LogP) is 4.00. The van der Waals surface area contributed by atoms with Gasteiger partial charge in [0.05, 0.1) is 5.56 Å². The molecule has 104 valence electrons. The lowest BCUT2D eigenvalue weighted by Gasteiger charge is -2.08. The normalized spacial score (nSPS) is 10.3. The van der Waals surface area contributed by atoms with E-state index in [1.165, 1.54) is 18.2 Å². The van der Waals surface area contributed by atoms with Crippen LogP contribution in [0.3, 0.4) is 0 Å². The second-order valence-corrected chi connectivity index (χ2v) is 4.90. The van der Waals surface area contributed by atoms with E-state index in [2.05, 4.69) is 15.9 Å². The lowest BCUT2D eigenvalue weighted by molar-refractivity contribution is 0.0691. The summed E-state index contributed by atoms with van der Waals surface area (Å²) in [5.41, 5.74) is -0.00602. The maximum Gasteiger partial charge on any atom is 0.338 e. The summed E-state index contributed by atoms with van der Waals surface area (Å²) in [4.78, 5) is 10.8. The lowest BCUT2D eigenvalue weighted by Crippen LogP contribution is -2.04. The first kappa shape index (κ1) is 14.5. The van der Waals surface area contributed by atoms with Gasteiger partial charge in [-0.25, -0.2) is 13.6 Å². The Morgan fingerprint density at radius 1 is 1.15 bits per heavy atom. The average molecular weight is 343 g/mol. The molecule has 0 bridgehead atoms. The van der Waals surface area contributed by atoms with Crippen LogP contribution >= 0.6 is 15.9 Å². The van der Waals surface area contributed by atoms with Crippen LogP contribution in [-0.4, -0.2) is 11.1 Å². The Morgan fingerprint density at radius 3 is 2.55 bits per heavy atom. The first-order chi connectivity index (χ1) is 9.47. The number of halogens is 3. The minimum atomic E-state index is -1.36. The summed E-state index contributed by atoms with van der Waals surface area (Å²) >= 11 is 3.12. The number of hydrogen-bond acceptors (Lipinski definition) is 2. The molecule has 0 heterocycles. The zero-order valence-corrected chi connectivity index (χ0v) is 11.7. The molecular weight excluding hydrogens is 334 g/mol. The van der Waals surface area contributed by atoms with Crippen molar-refractivity contribution in [2.24, 2.45) is 0 Å². The van der Waals surface area contributed by atoms with Crippen molar-refractivity contribution in [2.45, 2.75) is 6.61 Å². The molecule has 2 aromatic carbocycles. The van der Waals surface area contributed by atoms with Crippen molar-refractivity contribution in [3.63, 3.8) is 0 Å².